The number of ketones is 1. The minimum atomic E-state index is -1.72. The summed E-state index contributed by atoms with van der Waals surface area (Å²) in [5, 5.41) is 11.3. The Morgan fingerprint density at radius 1 is 1.06 bits per heavy atom. The van der Waals surface area contributed by atoms with Gasteiger partial charge in [0.25, 0.3) is 17.6 Å². The van der Waals surface area contributed by atoms with E-state index >= 15 is 0 Å². The topological polar surface area (TPSA) is 81.2 Å². The Morgan fingerprint density at radius 2 is 1.73 bits per heavy atom. The Kier molecular flexibility index (Phi) is 5.91. The molecule has 2 amide bonds. The smallest absolute Gasteiger partial charge is 0.296 e. The lowest BCUT2D eigenvalue weighted by Crippen LogP contribution is -2.52. The van der Waals surface area contributed by atoms with Crippen LogP contribution >= 0.6 is 0 Å². The highest BCUT2D eigenvalue weighted by Crippen LogP contribution is 2.53. The molecule has 0 bridgehead atoms. The lowest BCUT2D eigenvalue weighted by molar-refractivity contribution is -0.143. The molecule has 1 fully saturated rings. The van der Waals surface area contributed by atoms with Gasteiger partial charge < -0.3 is 19.8 Å². The van der Waals surface area contributed by atoms with Gasteiger partial charge in [0.05, 0.1) is 11.3 Å². The zero-order valence-electron chi connectivity index (χ0n) is 18.8. The van der Waals surface area contributed by atoms with Crippen LogP contribution in [0.5, 0.6) is 0 Å². The van der Waals surface area contributed by atoms with E-state index in [0.29, 0.717) is 29.8 Å². The van der Waals surface area contributed by atoms with Crippen LogP contribution in [-0.4, -0.2) is 66.2 Å². The molecule has 2 aliphatic rings. The normalized spacial score (nSPS) is 21.4. The summed E-state index contributed by atoms with van der Waals surface area (Å²) in [6, 6.07) is 15.6. The SMILES string of the molecule is C=CCN1C(=O)C2(C(=C(O)c3ccccc3)C(=O)C(=O)N2CCCN(C)C)c2ccccc21. The average molecular weight is 446 g/mol. The predicted octanol–water partition coefficient (Wildman–Crippen LogP) is 2.75. The van der Waals surface area contributed by atoms with Crippen LogP contribution in [0.3, 0.4) is 0 Å². The number of para-hydroxylation sites is 1. The van der Waals surface area contributed by atoms with Crippen molar-refractivity contribution in [3.05, 3.63) is 84.0 Å². The van der Waals surface area contributed by atoms with Gasteiger partial charge in [-0.25, -0.2) is 0 Å². The second-order valence-corrected chi connectivity index (χ2v) is 8.46. The van der Waals surface area contributed by atoms with E-state index in [1.807, 2.05) is 19.0 Å². The molecule has 33 heavy (non-hydrogen) atoms. The fraction of sp³-hybridized carbons (Fsp3) is 0.269. The van der Waals surface area contributed by atoms with Crippen LogP contribution < -0.4 is 4.90 Å². The summed E-state index contributed by atoms with van der Waals surface area (Å²) in [4.78, 5) is 45.7. The Balaban J connectivity index is 2.00. The van der Waals surface area contributed by atoms with Crippen molar-refractivity contribution in [1.82, 2.24) is 9.80 Å². The van der Waals surface area contributed by atoms with E-state index in [4.69, 9.17) is 0 Å². The first kappa shape index (κ1) is 22.5. The first-order chi connectivity index (χ1) is 15.9. The van der Waals surface area contributed by atoms with Gasteiger partial charge in [0, 0.05) is 24.2 Å². The van der Waals surface area contributed by atoms with Crippen LogP contribution in [0.4, 0.5) is 5.69 Å². The predicted molar refractivity (Wildman–Crippen MR) is 127 cm³/mol. The zero-order valence-corrected chi connectivity index (χ0v) is 18.8. The number of benzene rings is 2. The van der Waals surface area contributed by atoms with E-state index in [9.17, 15) is 19.5 Å². The van der Waals surface area contributed by atoms with Crippen LogP contribution in [0, 0.1) is 0 Å². The van der Waals surface area contributed by atoms with E-state index in [-0.39, 0.29) is 24.4 Å². The van der Waals surface area contributed by atoms with Crippen LogP contribution in [-0.2, 0) is 19.9 Å². The van der Waals surface area contributed by atoms with Gasteiger partial charge in [0.15, 0.2) is 5.54 Å². The average Bonchev–Trinajstić information content (AvgIpc) is 3.18. The van der Waals surface area contributed by atoms with Gasteiger partial charge >= 0.3 is 0 Å². The van der Waals surface area contributed by atoms with Crippen molar-refractivity contribution < 1.29 is 19.5 Å². The highest BCUT2D eigenvalue weighted by Gasteiger charge is 2.66. The fourth-order valence-corrected chi connectivity index (χ4v) is 4.76. The fourth-order valence-electron chi connectivity index (χ4n) is 4.76. The molecular formula is C26H27N3O4. The van der Waals surface area contributed by atoms with Gasteiger partial charge in [-0.1, -0.05) is 54.6 Å². The summed E-state index contributed by atoms with van der Waals surface area (Å²) in [6.45, 7) is 4.83. The third-order valence-corrected chi connectivity index (χ3v) is 6.16. The lowest BCUT2D eigenvalue weighted by Gasteiger charge is -2.34. The van der Waals surface area contributed by atoms with Crippen LogP contribution in [0.15, 0.2) is 72.8 Å². The standard InChI is InChI=1S/C26H27N3O4/c1-4-15-28-20-14-9-8-13-19(20)26(25(28)33)21(22(30)18-11-6-5-7-12-18)23(31)24(32)29(26)17-10-16-27(2)3/h4-9,11-14,30H,1,10,15-17H2,2-3H3. The second-order valence-electron chi connectivity index (χ2n) is 8.46. The molecule has 2 heterocycles. The summed E-state index contributed by atoms with van der Waals surface area (Å²) in [5.41, 5.74) is -0.428. The van der Waals surface area contributed by atoms with Crippen LogP contribution in [0.25, 0.3) is 5.76 Å². The number of anilines is 1. The van der Waals surface area contributed by atoms with Crippen molar-refractivity contribution in [3.8, 4) is 0 Å². The van der Waals surface area contributed by atoms with Gasteiger partial charge in [-0.05, 0) is 33.1 Å². The number of amides is 2. The molecule has 0 saturated carbocycles. The molecule has 1 N–H and O–H groups in total. The molecule has 1 spiro atoms. The van der Waals surface area contributed by atoms with Gasteiger partial charge in [-0.2, -0.15) is 0 Å². The molecule has 0 aliphatic carbocycles. The molecule has 4 rings (SSSR count). The number of aliphatic hydroxyl groups is 1. The van der Waals surface area contributed by atoms with Crippen molar-refractivity contribution in [2.45, 2.75) is 12.0 Å². The molecule has 2 aromatic carbocycles. The van der Waals surface area contributed by atoms with E-state index in [2.05, 4.69) is 6.58 Å². The summed E-state index contributed by atoms with van der Waals surface area (Å²) in [5.74, 6) is -2.43. The number of hydrogen-bond acceptors (Lipinski definition) is 5. The summed E-state index contributed by atoms with van der Waals surface area (Å²) in [6.07, 6.45) is 2.16. The molecule has 7 nitrogen and oxygen atoms in total. The maximum absolute atomic E-state index is 14.1. The van der Waals surface area contributed by atoms with E-state index in [1.54, 1.807) is 60.7 Å². The Labute approximate surface area is 193 Å². The lowest BCUT2D eigenvalue weighted by atomic mass is 9.82. The van der Waals surface area contributed by atoms with Crippen molar-refractivity contribution >= 4 is 29.0 Å². The van der Waals surface area contributed by atoms with Gasteiger partial charge in [-0.15, -0.1) is 6.58 Å². The molecule has 0 aromatic heterocycles. The van der Waals surface area contributed by atoms with Crippen molar-refractivity contribution in [2.75, 3.05) is 38.6 Å². The summed E-state index contributed by atoms with van der Waals surface area (Å²) >= 11 is 0. The number of nitrogens with zero attached hydrogens (tertiary/aromatic N) is 3. The van der Waals surface area contributed by atoms with Gasteiger partial charge in [0.2, 0.25) is 0 Å². The van der Waals surface area contributed by atoms with Gasteiger partial charge in [-0.3, -0.25) is 14.4 Å². The monoisotopic (exact) mass is 445 g/mol. The quantitative estimate of drug-likeness (QED) is 0.307. The van der Waals surface area contributed by atoms with Gasteiger partial charge in [0.1, 0.15) is 5.76 Å². The maximum Gasteiger partial charge on any atom is 0.296 e. The minimum absolute atomic E-state index is 0.187. The number of fused-ring (bicyclic) bond motifs is 2. The summed E-state index contributed by atoms with van der Waals surface area (Å²) in [7, 11) is 3.84. The molecular weight excluding hydrogens is 418 g/mol. The minimum Gasteiger partial charge on any atom is -0.507 e. The number of hydrogen-bond donors (Lipinski definition) is 1. The summed E-state index contributed by atoms with van der Waals surface area (Å²) < 4.78 is 0. The molecule has 0 radical (unpaired) electrons. The zero-order chi connectivity index (χ0) is 23.8. The third-order valence-electron chi connectivity index (χ3n) is 6.16. The largest absolute Gasteiger partial charge is 0.507 e. The number of aliphatic hydroxyl groups excluding tert-OH is 1. The molecule has 170 valence electrons. The van der Waals surface area contributed by atoms with Crippen LogP contribution in [0.2, 0.25) is 0 Å². The molecule has 1 unspecified atom stereocenters. The van der Waals surface area contributed by atoms with Crippen LogP contribution in [0.1, 0.15) is 17.5 Å². The number of carbonyl (C=O) groups excluding carboxylic acids is 3. The third kappa shape index (κ3) is 3.36. The number of Topliss-reactive ketones (excluding diaryl/α,β-unsaturated/α-hetero) is 1. The molecule has 1 saturated heterocycles. The van der Waals surface area contributed by atoms with E-state index in [1.165, 1.54) is 9.80 Å². The Bertz CT molecular complexity index is 1160. The first-order valence-electron chi connectivity index (χ1n) is 10.9. The molecule has 2 aromatic rings. The highest BCUT2D eigenvalue weighted by atomic mass is 16.3. The van der Waals surface area contributed by atoms with Crippen molar-refractivity contribution in [2.24, 2.45) is 0 Å². The Hall–Kier alpha value is -3.71. The highest BCUT2D eigenvalue weighted by molar-refractivity contribution is 6.50. The molecule has 2 aliphatic heterocycles. The van der Waals surface area contributed by atoms with E-state index in [0.717, 1.165) is 0 Å². The number of carbonyl (C=O) groups is 3. The second kappa shape index (κ2) is 8.67. The maximum atomic E-state index is 14.1. The molecule has 1 atom stereocenters. The number of likely N-dealkylation sites (tertiary alicyclic amines) is 1. The van der Waals surface area contributed by atoms with Crippen molar-refractivity contribution in [3.63, 3.8) is 0 Å². The molecule has 7 heteroatoms. The first-order valence-corrected chi connectivity index (χ1v) is 10.9. The van der Waals surface area contributed by atoms with E-state index < -0.39 is 23.1 Å². The van der Waals surface area contributed by atoms with Crippen molar-refractivity contribution in [1.29, 1.82) is 0 Å². The Morgan fingerprint density at radius 3 is 2.39 bits per heavy atom. The number of rotatable bonds is 7.